The van der Waals surface area contributed by atoms with Crippen LogP contribution < -0.4 is 10.1 Å². The molecule has 7 nitrogen and oxygen atoms in total. The van der Waals surface area contributed by atoms with Crippen molar-refractivity contribution in [2.24, 2.45) is 7.05 Å². The van der Waals surface area contributed by atoms with Gasteiger partial charge in [-0.05, 0) is 30.7 Å². The number of H-pyrrole nitrogens is 1. The van der Waals surface area contributed by atoms with E-state index in [-0.39, 0.29) is 18.9 Å². The van der Waals surface area contributed by atoms with E-state index in [1.54, 1.807) is 38.2 Å². The van der Waals surface area contributed by atoms with Crippen molar-refractivity contribution in [3.05, 3.63) is 47.9 Å². The largest absolute Gasteiger partial charge is 0.497 e. The number of fused-ring (bicyclic) bond motifs is 1. The number of ether oxygens (including phenoxy) is 1. The monoisotopic (exact) mass is 342 g/mol. The number of benzene rings is 1. The van der Waals surface area contributed by atoms with E-state index in [1.807, 2.05) is 24.4 Å². The van der Waals surface area contributed by atoms with Gasteiger partial charge in [-0.25, -0.2) is 0 Å². The van der Waals surface area contributed by atoms with Crippen molar-refractivity contribution in [2.75, 3.05) is 13.7 Å². The van der Waals surface area contributed by atoms with Gasteiger partial charge in [-0.2, -0.15) is 5.10 Å². The van der Waals surface area contributed by atoms with Gasteiger partial charge in [0.15, 0.2) is 0 Å². The number of hydrogen-bond acceptors (Lipinski definition) is 4. The van der Waals surface area contributed by atoms with E-state index >= 15 is 0 Å². The fourth-order valence-electron chi connectivity index (χ4n) is 2.74. The van der Waals surface area contributed by atoms with E-state index in [2.05, 4.69) is 15.4 Å². The Kier molecular flexibility index (Phi) is 4.50. The van der Waals surface area contributed by atoms with E-state index < -0.39 is 5.60 Å². The summed E-state index contributed by atoms with van der Waals surface area (Å²) in [7, 11) is 3.39. The molecule has 1 unspecified atom stereocenters. The second-order valence-corrected chi connectivity index (χ2v) is 6.36. The van der Waals surface area contributed by atoms with Crippen LogP contribution in [-0.2, 0) is 23.9 Å². The van der Waals surface area contributed by atoms with Gasteiger partial charge in [0, 0.05) is 35.9 Å². The van der Waals surface area contributed by atoms with Crippen molar-refractivity contribution in [2.45, 2.75) is 18.9 Å². The van der Waals surface area contributed by atoms with E-state index in [1.165, 1.54) is 0 Å². The van der Waals surface area contributed by atoms with Crippen molar-refractivity contribution in [3.63, 3.8) is 0 Å². The van der Waals surface area contributed by atoms with Crippen molar-refractivity contribution in [3.8, 4) is 5.75 Å². The van der Waals surface area contributed by atoms with Crippen molar-refractivity contribution >= 4 is 16.8 Å². The molecule has 0 fully saturated rings. The molecule has 0 radical (unpaired) electrons. The highest BCUT2D eigenvalue weighted by Gasteiger charge is 2.25. The lowest BCUT2D eigenvalue weighted by atomic mass is 9.99. The highest BCUT2D eigenvalue weighted by molar-refractivity contribution is 5.89. The van der Waals surface area contributed by atoms with Crippen LogP contribution in [0.1, 0.15) is 18.1 Å². The Hall–Kier alpha value is -2.80. The maximum atomic E-state index is 12.3. The van der Waals surface area contributed by atoms with Gasteiger partial charge in [-0.1, -0.05) is 0 Å². The lowest BCUT2D eigenvalue weighted by Gasteiger charge is -2.22. The molecule has 0 bridgehead atoms. The smallest absolute Gasteiger partial charge is 0.224 e. The average molecular weight is 342 g/mol. The maximum absolute atomic E-state index is 12.3. The third-order valence-electron chi connectivity index (χ3n) is 4.28. The number of rotatable bonds is 6. The predicted molar refractivity (Wildman–Crippen MR) is 94.3 cm³/mol. The van der Waals surface area contributed by atoms with Gasteiger partial charge in [-0.3, -0.25) is 9.48 Å². The molecule has 2 heterocycles. The number of nitrogens with zero attached hydrogens (tertiary/aromatic N) is 2. The zero-order valence-corrected chi connectivity index (χ0v) is 14.5. The summed E-state index contributed by atoms with van der Waals surface area (Å²) in [5.74, 6) is 0.584. The number of aromatic nitrogens is 3. The summed E-state index contributed by atoms with van der Waals surface area (Å²) < 4.78 is 6.86. The number of methoxy groups -OCH3 is 1. The first-order chi connectivity index (χ1) is 11.9. The fourth-order valence-corrected chi connectivity index (χ4v) is 2.74. The molecule has 0 aliphatic heterocycles. The quantitative estimate of drug-likeness (QED) is 0.633. The maximum Gasteiger partial charge on any atom is 0.224 e. The van der Waals surface area contributed by atoms with Crippen LogP contribution in [0.3, 0.4) is 0 Å². The van der Waals surface area contributed by atoms with Crippen molar-refractivity contribution in [1.82, 2.24) is 20.1 Å². The zero-order chi connectivity index (χ0) is 18.0. The fraction of sp³-hybridized carbons (Fsp3) is 0.333. The second kappa shape index (κ2) is 6.60. The Bertz CT molecular complexity index is 895. The molecule has 0 saturated carbocycles. The molecule has 0 aliphatic carbocycles. The van der Waals surface area contributed by atoms with E-state index in [9.17, 15) is 9.90 Å². The van der Waals surface area contributed by atoms with Crippen LogP contribution in [0.5, 0.6) is 5.75 Å². The molecule has 1 atom stereocenters. The summed E-state index contributed by atoms with van der Waals surface area (Å²) in [6.45, 7) is 1.77. The minimum Gasteiger partial charge on any atom is -0.497 e. The molecule has 132 valence electrons. The third-order valence-corrected chi connectivity index (χ3v) is 4.28. The topological polar surface area (TPSA) is 92.2 Å². The number of aromatic amines is 1. The summed E-state index contributed by atoms with van der Waals surface area (Å²) in [4.78, 5) is 15.5. The molecule has 0 saturated heterocycles. The number of carbonyl (C=O) groups is 1. The molecule has 1 aromatic carbocycles. The molecule has 3 rings (SSSR count). The normalized spacial score (nSPS) is 13.6. The molecular formula is C18H22N4O3. The standard InChI is InChI=1S/C18H22N4O3/c1-18(24,13-9-21-22(2)10-13)11-20-17(23)6-12-8-19-16-5-4-14(25-3)7-15(12)16/h4-5,7-10,19,24H,6,11H2,1-3H3,(H,20,23). The van der Waals surface area contributed by atoms with Gasteiger partial charge in [0.2, 0.25) is 5.91 Å². The summed E-state index contributed by atoms with van der Waals surface area (Å²) in [5.41, 5.74) is 1.32. The van der Waals surface area contributed by atoms with E-state index in [0.717, 1.165) is 22.2 Å². The highest BCUT2D eigenvalue weighted by Crippen LogP contribution is 2.24. The Balaban J connectivity index is 1.67. The Morgan fingerprint density at radius 1 is 1.48 bits per heavy atom. The first-order valence-electron chi connectivity index (χ1n) is 8.01. The number of aryl methyl sites for hydroxylation is 1. The molecule has 25 heavy (non-hydrogen) atoms. The van der Waals surface area contributed by atoms with Crippen molar-refractivity contribution in [1.29, 1.82) is 0 Å². The Morgan fingerprint density at radius 2 is 2.28 bits per heavy atom. The summed E-state index contributed by atoms with van der Waals surface area (Å²) >= 11 is 0. The van der Waals surface area contributed by atoms with Gasteiger partial charge in [-0.15, -0.1) is 0 Å². The van der Waals surface area contributed by atoms with E-state index in [4.69, 9.17) is 4.74 Å². The molecule has 2 aromatic heterocycles. The number of amides is 1. The van der Waals surface area contributed by atoms with Crippen LogP contribution in [0.4, 0.5) is 0 Å². The molecule has 3 N–H and O–H groups in total. The van der Waals surface area contributed by atoms with Crippen LogP contribution in [0.25, 0.3) is 10.9 Å². The number of hydrogen-bond donors (Lipinski definition) is 3. The number of nitrogens with one attached hydrogen (secondary N) is 2. The molecule has 3 aromatic rings. The van der Waals surface area contributed by atoms with Gasteiger partial charge in [0.1, 0.15) is 11.4 Å². The van der Waals surface area contributed by atoms with Gasteiger partial charge < -0.3 is 20.1 Å². The molecular weight excluding hydrogens is 320 g/mol. The minimum absolute atomic E-state index is 0.114. The van der Waals surface area contributed by atoms with Crippen LogP contribution >= 0.6 is 0 Å². The third kappa shape index (κ3) is 3.66. The van der Waals surface area contributed by atoms with Crippen LogP contribution in [0, 0.1) is 0 Å². The van der Waals surface area contributed by atoms with Crippen molar-refractivity contribution < 1.29 is 14.6 Å². The zero-order valence-electron chi connectivity index (χ0n) is 14.5. The lowest BCUT2D eigenvalue weighted by molar-refractivity contribution is -0.121. The first kappa shape index (κ1) is 17.0. The predicted octanol–water partition coefficient (Wildman–Crippen LogP) is 1.48. The minimum atomic E-state index is -1.17. The summed E-state index contributed by atoms with van der Waals surface area (Å²) in [6, 6.07) is 5.69. The number of aliphatic hydroxyl groups is 1. The van der Waals surface area contributed by atoms with Gasteiger partial charge >= 0.3 is 0 Å². The van der Waals surface area contributed by atoms with Gasteiger partial charge in [0.25, 0.3) is 0 Å². The summed E-state index contributed by atoms with van der Waals surface area (Å²) in [6.07, 6.45) is 5.37. The highest BCUT2D eigenvalue weighted by atomic mass is 16.5. The van der Waals surface area contributed by atoms with Crippen LogP contribution in [0.15, 0.2) is 36.8 Å². The average Bonchev–Trinajstić information content (AvgIpc) is 3.20. The molecule has 0 spiro atoms. The molecule has 0 aliphatic rings. The first-order valence-corrected chi connectivity index (χ1v) is 8.01. The SMILES string of the molecule is COc1ccc2[nH]cc(CC(=O)NCC(C)(O)c3cnn(C)c3)c2c1. The second-order valence-electron chi connectivity index (χ2n) is 6.36. The van der Waals surface area contributed by atoms with Crippen LogP contribution in [-0.4, -0.2) is 39.4 Å². The van der Waals surface area contributed by atoms with E-state index in [0.29, 0.717) is 5.56 Å². The lowest BCUT2D eigenvalue weighted by Crippen LogP contribution is -2.39. The molecule has 1 amide bonds. The Labute approximate surface area is 145 Å². The molecule has 7 heteroatoms. The number of carbonyl (C=O) groups excluding carboxylic acids is 1. The van der Waals surface area contributed by atoms with Gasteiger partial charge in [0.05, 0.1) is 26.3 Å². The van der Waals surface area contributed by atoms with Crippen LogP contribution in [0.2, 0.25) is 0 Å². The Morgan fingerprint density at radius 3 is 2.96 bits per heavy atom. The summed E-state index contributed by atoms with van der Waals surface area (Å²) in [5, 5.41) is 18.3.